The minimum atomic E-state index is -4.27. The molecule has 0 fully saturated rings. The molecule has 0 aromatic heterocycles. The van der Waals surface area contributed by atoms with Crippen LogP contribution in [0.2, 0.25) is 0 Å². The lowest BCUT2D eigenvalue weighted by Gasteiger charge is -2.17. The van der Waals surface area contributed by atoms with Gasteiger partial charge in [0, 0.05) is 0 Å². The summed E-state index contributed by atoms with van der Waals surface area (Å²) in [4.78, 5) is 0. The topological polar surface area (TPSA) is 0 Å². The van der Waals surface area contributed by atoms with Crippen LogP contribution in [0.3, 0.4) is 0 Å². The zero-order chi connectivity index (χ0) is 13.1. The van der Waals surface area contributed by atoms with Crippen molar-refractivity contribution in [3.8, 4) is 0 Å². The number of halogens is 3. The van der Waals surface area contributed by atoms with E-state index >= 15 is 0 Å². The number of rotatable bonds is 4. The number of alkyl halides is 3. The van der Waals surface area contributed by atoms with E-state index in [1.54, 1.807) is 6.07 Å². The molecule has 0 saturated carbocycles. The molecule has 1 aromatic rings. The van der Waals surface area contributed by atoms with Crippen LogP contribution in [0.25, 0.3) is 0 Å². The lowest BCUT2D eigenvalue weighted by atomic mass is 9.89. The zero-order valence-electron chi connectivity index (χ0n) is 10.1. The Hall–Kier alpha value is -1.25. The maximum atomic E-state index is 12.6. The van der Waals surface area contributed by atoms with Crippen molar-refractivity contribution in [2.45, 2.75) is 38.8 Å². The number of benzene rings is 1. The first kappa shape index (κ1) is 13.8. The van der Waals surface area contributed by atoms with Crippen molar-refractivity contribution in [1.82, 2.24) is 0 Å². The zero-order valence-corrected chi connectivity index (χ0v) is 10.1. The average molecular weight is 242 g/mol. The number of hydrogen-bond donors (Lipinski definition) is 0. The van der Waals surface area contributed by atoms with Crippen LogP contribution in [0.4, 0.5) is 13.2 Å². The fourth-order valence-electron chi connectivity index (χ4n) is 1.89. The third-order valence-electron chi connectivity index (χ3n) is 2.77. The van der Waals surface area contributed by atoms with Crippen LogP contribution in [0.1, 0.15) is 43.7 Å². The van der Waals surface area contributed by atoms with E-state index in [1.165, 1.54) is 12.1 Å². The van der Waals surface area contributed by atoms with E-state index in [0.29, 0.717) is 0 Å². The van der Waals surface area contributed by atoms with E-state index in [-0.39, 0.29) is 5.92 Å². The summed E-state index contributed by atoms with van der Waals surface area (Å²) < 4.78 is 37.7. The van der Waals surface area contributed by atoms with E-state index in [9.17, 15) is 13.2 Å². The summed E-state index contributed by atoms with van der Waals surface area (Å²) in [5, 5.41) is 0. The Morgan fingerprint density at radius 2 is 2.00 bits per heavy atom. The largest absolute Gasteiger partial charge is 0.416 e. The van der Waals surface area contributed by atoms with Crippen molar-refractivity contribution in [3.05, 3.63) is 47.5 Å². The lowest BCUT2D eigenvalue weighted by Crippen LogP contribution is -2.07. The van der Waals surface area contributed by atoms with Crippen molar-refractivity contribution in [3.63, 3.8) is 0 Å². The summed E-state index contributed by atoms with van der Waals surface area (Å²) in [6.07, 6.45) is -2.72. The summed E-state index contributed by atoms with van der Waals surface area (Å²) in [5.74, 6) is 0.120. The van der Waals surface area contributed by atoms with Crippen molar-refractivity contribution in [2.24, 2.45) is 0 Å². The Morgan fingerprint density at radius 3 is 2.47 bits per heavy atom. The standard InChI is InChI=1S/C14H17F3/c1-4-11(8-10(2)3)12-6-5-7-13(9-12)14(15,16)17/h5-7,9,11H,2,4,8H2,1,3H3. The molecule has 0 radical (unpaired) electrons. The van der Waals surface area contributed by atoms with Crippen molar-refractivity contribution in [1.29, 1.82) is 0 Å². The summed E-state index contributed by atoms with van der Waals surface area (Å²) >= 11 is 0. The summed E-state index contributed by atoms with van der Waals surface area (Å²) in [7, 11) is 0. The molecule has 0 bridgehead atoms. The van der Waals surface area contributed by atoms with Gasteiger partial charge < -0.3 is 0 Å². The second kappa shape index (κ2) is 5.39. The Morgan fingerprint density at radius 1 is 1.35 bits per heavy atom. The third kappa shape index (κ3) is 3.91. The van der Waals surface area contributed by atoms with Gasteiger partial charge in [-0.15, -0.1) is 6.58 Å². The quantitative estimate of drug-likeness (QED) is 0.639. The highest BCUT2D eigenvalue weighted by Crippen LogP contribution is 2.33. The Kier molecular flexibility index (Phi) is 4.38. The molecule has 3 heteroatoms. The normalized spacial score (nSPS) is 13.5. The fourth-order valence-corrected chi connectivity index (χ4v) is 1.89. The maximum Gasteiger partial charge on any atom is 0.416 e. The van der Waals surface area contributed by atoms with Crippen molar-refractivity contribution < 1.29 is 13.2 Å². The minimum absolute atomic E-state index is 0.120. The van der Waals surface area contributed by atoms with Crippen LogP contribution in [-0.2, 0) is 6.18 Å². The van der Waals surface area contributed by atoms with E-state index in [4.69, 9.17) is 0 Å². The highest BCUT2D eigenvalue weighted by molar-refractivity contribution is 5.29. The van der Waals surface area contributed by atoms with Gasteiger partial charge in [0.2, 0.25) is 0 Å². The van der Waals surface area contributed by atoms with Gasteiger partial charge in [0.25, 0.3) is 0 Å². The lowest BCUT2D eigenvalue weighted by molar-refractivity contribution is -0.137. The summed E-state index contributed by atoms with van der Waals surface area (Å²) in [6, 6.07) is 5.58. The first-order valence-electron chi connectivity index (χ1n) is 5.66. The SMILES string of the molecule is C=C(C)CC(CC)c1cccc(C(F)(F)F)c1. The summed E-state index contributed by atoms with van der Waals surface area (Å²) in [6.45, 7) is 7.70. The second-order valence-corrected chi connectivity index (χ2v) is 4.39. The maximum absolute atomic E-state index is 12.6. The molecule has 0 saturated heterocycles. The molecule has 1 atom stereocenters. The van der Waals surface area contributed by atoms with Gasteiger partial charge in [-0.1, -0.05) is 30.7 Å². The van der Waals surface area contributed by atoms with Crippen LogP contribution in [-0.4, -0.2) is 0 Å². The summed E-state index contributed by atoms with van der Waals surface area (Å²) in [5.41, 5.74) is 1.16. The second-order valence-electron chi connectivity index (χ2n) is 4.39. The molecule has 1 unspecified atom stereocenters. The van der Waals surface area contributed by atoms with Gasteiger partial charge in [-0.25, -0.2) is 0 Å². The molecule has 0 aliphatic rings. The van der Waals surface area contributed by atoms with Crippen LogP contribution in [0, 0.1) is 0 Å². The van der Waals surface area contributed by atoms with Gasteiger partial charge in [0.15, 0.2) is 0 Å². The minimum Gasteiger partial charge on any atom is -0.166 e. The van der Waals surface area contributed by atoms with E-state index in [1.807, 2.05) is 13.8 Å². The molecule has 0 N–H and O–H groups in total. The van der Waals surface area contributed by atoms with Gasteiger partial charge in [0.1, 0.15) is 0 Å². The van der Waals surface area contributed by atoms with E-state index in [0.717, 1.165) is 30.0 Å². The number of allylic oxidation sites excluding steroid dienone is 1. The highest BCUT2D eigenvalue weighted by atomic mass is 19.4. The molecule has 0 aliphatic carbocycles. The van der Waals surface area contributed by atoms with Crippen LogP contribution in [0.5, 0.6) is 0 Å². The predicted molar refractivity (Wildman–Crippen MR) is 63.9 cm³/mol. The van der Waals surface area contributed by atoms with Gasteiger partial charge in [-0.3, -0.25) is 0 Å². The van der Waals surface area contributed by atoms with Crippen LogP contribution < -0.4 is 0 Å². The predicted octanol–water partition coefficient (Wildman–Crippen LogP) is 5.17. The molecular weight excluding hydrogens is 225 g/mol. The number of hydrogen-bond acceptors (Lipinski definition) is 0. The third-order valence-corrected chi connectivity index (χ3v) is 2.77. The molecule has 0 heterocycles. The van der Waals surface area contributed by atoms with Crippen molar-refractivity contribution in [2.75, 3.05) is 0 Å². The molecule has 1 rings (SSSR count). The van der Waals surface area contributed by atoms with Gasteiger partial charge in [0.05, 0.1) is 5.56 Å². The Balaban J connectivity index is 3.01. The molecule has 17 heavy (non-hydrogen) atoms. The Bertz CT molecular complexity index is 391. The van der Waals surface area contributed by atoms with Gasteiger partial charge >= 0.3 is 6.18 Å². The fraction of sp³-hybridized carbons (Fsp3) is 0.429. The first-order chi connectivity index (χ1) is 7.84. The van der Waals surface area contributed by atoms with Crippen LogP contribution >= 0.6 is 0 Å². The van der Waals surface area contributed by atoms with Gasteiger partial charge in [-0.05, 0) is 37.3 Å². The van der Waals surface area contributed by atoms with Gasteiger partial charge in [-0.2, -0.15) is 13.2 Å². The molecular formula is C14H17F3. The van der Waals surface area contributed by atoms with E-state index in [2.05, 4.69) is 6.58 Å². The highest BCUT2D eigenvalue weighted by Gasteiger charge is 2.30. The molecule has 0 spiro atoms. The van der Waals surface area contributed by atoms with Crippen LogP contribution in [0.15, 0.2) is 36.4 Å². The van der Waals surface area contributed by atoms with Crippen molar-refractivity contribution >= 4 is 0 Å². The smallest absolute Gasteiger partial charge is 0.166 e. The first-order valence-corrected chi connectivity index (χ1v) is 5.66. The Labute approximate surface area is 100 Å². The molecule has 0 nitrogen and oxygen atoms in total. The monoisotopic (exact) mass is 242 g/mol. The molecule has 94 valence electrons. The average Bonchev–Trinajstić information content (AvgIpc) is 2.24. The van der Waals surface area contributed by atoms with E-state index < -0.39 is 11.7 Å². The molecule has 1 aromatic carbocycles. The molecule has 0 aliphatic heterocycles. The molecule has 0 amide bonds.